The summed E-state index contributed by atoms with van der Waals surface area (Å²) < 4.78 is 0. The SMILES string of the molecule is N=C1/C(=C/NNc2ccccc2)C(=O)C2CSCN12. The van der Waals surface area contributed by atoms with E-state index in [1.807, 2.05) is 35.2 Å². The van der Waals surface area contributed by atoms with E-state index >= 15 is 0 Å². The number of nitrogens with one attached hydrogen (secondary N) is 3. The summed E-state index contributed by atoms with van der Waals surface area (Å²) in [5, 5.41) is 8.00. The molecule has 0 amide bonds. The molecule has 0 spiro atoms. The molecule has 2 saturated heterocycles. The first-order valence-electron chi connectivity index (χ1n) is 6.01. The molecule has 3 rings (SSSR count). The van der Waals surface area contributed by atoms with Crippen LogP contribution in [-0.4, -0.2) is 34.2 Å². The molecule has 1 unspecified atom stereocenters. The van der Waals surface area contributed by atoms with Gasteiger partial charge in [-0.05, 0) is 12.1 Å². The first kappa shape index (κ1) is 12.1. The molecule has 3 N–H and O–H groups in total. The average Bonchev–Trinajstić information content (AvgIpc) is 2.99. The summed E-state index contributed by atoms with van der Waals surface area (Å²) in [6.45, 7) is 0. The highest BCUT2D eigenvalue weighted by Crippen LogP contribution is 2.30. The zero-order chi connectivity index (χ0) is 13.2. The van der Waals surface area contributed by atoms with Gasteiger partial charge in [-0.25, -0.2) is 0 Å². The zero-order valence-electron chi connectivity index (χ0n) is 10.2. The van der Waals surface area contributed by atoms with Gasteiger partial charge in [0.15, 0.2) is 5.78 Å². The molecule has 2 fully saturated rings. The molecule has 5 nitrogen and oxygen atoms in total. The van der Waals surface area contributed by atoms with Gasteiger partial charge in [-0.2, -0.15) is 0 Å². The highest BCUT2D eigenvalue weighted by Gasteiger charge is 2.43. The van der Waals surface area contributed by atoms with Crippen molar-refractivity contribution < 1.29 is 4.79 Å². The van der Waals surface area contributed by atoms with Crippen molar-refractivity contribution in [2.45, 2.75) is 6.04 Å². The first-order valence-corrected chi connectivity index (χ1v) is 7.17. The van der Waals surface area contributed by atoms with Gasteiger partial charge < -0.3 is 15.8 Å². The predicted octanol–water partition coefficient (Wildman–Crippen LogP) is 1.42. The summed E-state index contributed by atoms with van der Waals surface area (Å²) in [5.41, 5.74) is 7.23. The molecule has 6 heteroatoms. The molecule has 2 heterocycles. The molecule has 0 aromatic heterocycles. The lowest BCUT2D eigenvalue weighted by molar-refractivity contribution is -0.116. The molecule has 0 aliphatic carbocycles. The summed E-state index contributed by atoms with van der Waals surface area (Å²) >= 11 is 1.70. The number of benzene rings is 1. The second-order valence-corrected chi connectivity index (χ2v) is 5.39. The summed E-state index contributed by atoms with van der Waals surface area (Å²) in [7, 11) is 0. The minimum absolute atomic E-state index is 0.0392. The van der Waals surface area contributed by atoms with Crippen molar-refractivity contribution in [2.24, 2.45) is 0 Å². The van der Waals surface area contributed by atoms with E-state index in [1.54, 1.807) is 18.0 Å². The molecular formula is C13H14N4OS. The number of anilines is 1. The summed E-state index contributed by atoms with van der Waals surface area (Å²) in [5.74, 6) is 1.88. The van der Waals surface area contributed by atoms with Crippen LogP contribution in [0.5, 0.6) is 0 Å². The number of hydrogen-bond donors (Lipinski definition) is 3. The van der Waals surface area contributed by atoms with E-state index in [-0.39, 0.29) is 11.8 Å². The van der Waals surface area contributed by atoms with Crippen molar-refractivity contribution in [3.63, 3.8) is 0 Å². The zero-order valence-corrected chi connectivity index (χ0v) is 11.0. The van der Waals surface area contributed by atoms with Gasteiger partial charge in [0.25, 0.3) is 0 Å². The van der Waals surface area contributed by atoms with Gasteiger partial charge >= 0.3 is 0 Å². The van der Waals surface area contributed by atoms with Crippen molar-refractivity contribution >= 4 is 29.1 Å². The molecule has 2 aliphatic heterocycles. The number of ketones is 1. The fourth-order valence-corrected chi connectivity index (χ4v) is 3.35. The second-order valence-electron chi connectivity index (χ2n) is 4.39. The van der Waals surface area contributed by atoms with Crippen LogP contribution in [0, 0.1) is 5.41 Å². The molecule has 1 aromatic carbocycles. The molecular weight excluding hydrogens is 260 g/mol. The van der Waals surface area contributed by atoms with E-state index in [1.165, 1.54) is 0 Å². The van der Waals surface area contributed by atoms with E-state index in [0.717, 1.165) is 17.3 Å². The number of amidine groups is 1. The fraction of sp³-hybridized carbons (Fsp3) is 0.231. The first-order chi connectivity index (χ1) is 9.27. The van der Waals surface area contributed by atoms with Gasteiger partial charge in [0.05, 0.1) is 17.1 Å². The summed E-state index contributed by atoms with van der Waals surface area (Å²) in [4.78, 5) is 14.0. The number of para-hydroxylation sites is 1. The minimum atomic E-state index is -0.137. The van der Waals surface area contributed by atoms with E-state index in [2.05, 4.69) is 10.9 Å². The lowest BCUT2D eigenvalue weighted by Crippen LogP contribution is -2.30. The van der Waals surface area contributed by atoms with Crippen molar-refractivity contribution in [1.82, 2.24) is 10.3 Å². The number of thioether (sulfide) groups is 1. The van der Waals surface area contributed by atoms with E-state index in [9.17, 15) is 4.79 Å². The van der Waals surface area contributed by atoms with Crippen LogP contribution < -0.4 is 10.9 Å². The summed E-state index contributed by atoms with van der Waals surface area (Å²) in [6.07, 6.45) is 1.58. The van der Waals surface area contributed by atoms with Crippen molar-refractivity contribution in [3.8, 4) is 0 Å². The van der Waals surface area contributed by atoms with Gasteiger partial charge in [0, 0.05) is 12.0 Å². The summed E-state index contributed by atoms with van der Waals surface area (Å²) in [6, 6.07) is 9.49. The molecule has 19 heavy (non-hydrogen) atoms. The van der Waals surface area contributed by atoms with Crippen LogP contribution >= 0.6 is 11.8 Å². The third kappa shape index (κ3) is 2.19. The molecule has 0 saturated carbocycles. The third-order valence-electron chi connectivity index (χ3n) is 3.20. The molecule has 98 valence electrons. The number of hydrogen-bond acceptors (Lipinski definition) is 5. The average molecular weight is 274 g/mol. The van der Waals surface area contributed by atoms with E-state index in [4.69, 9.17) is 5.41 Å². The Bertz CT molecular complexity index is 519. The van der Waals surface area contributed by atoms with Crippen LogP contribution in [0.2, 0.25) is 0 Å². The molecule has 0 bridgehead atoms. The Kier molecular flexibility index (Phi) is 3.16. The van der Waals surface area contributed by atoms with E-state index < -0.39 is 0 Å². The molecule has 1 atom stereocenters. The topological polar surface area (TPSA) is 68.2 Å². The Hall–Kier alpha value is -1.95. The molecule has 2 aliphatic rings. The Morgan fingerprint density at radius 1 is 1.37 bits per heavy atom. The number of carbonyl (C=O) groups is 1. The number of carbonyl (C=O) groups excluding carboxylic acids is 1. The third-order valence-corrected chi connectivity index (χ3v) is 4.21. The van der Waals surface area contributed by atoms with Crippen molar-refractivity contribution in [1.29, 1.82) is 5.41 Å². The monoisotopic (exact) mass is 274 g/mol. The Labute approximate surface area is 115 Å². The Balaban J connectivity index is 1.67. The largest absolute Gasteiger partial charge is 0.336 e. The van der Waals surface area contributed by atoms with E-state index in [0.29, 0.717) is 11.4 Å². The van der Waals surface area contributed by atoms with Crippen molar-refractivity contribution in [2.75, 3.05) is 17.1 Å². The van der Waals surface area contributed by atoms with Crippen LogP contribution in [0.3, 0.4) is 0 Å². The number of Topliss-reactive ketones (excluding diaryl/α,β-unsaturated/α-hetero) is 1. The predicted molar refractivity (Wildman–Crippen MR) is 77.0 cm³/mol. The van der Waals surface area contributed by atoms with Gasteiger partial charge in [0.2, 0.25) is 0 Å². The quantitative estimate of drug-likeness (QED) is 0.574. The van der Waals surface area contributed by atoms with Gasteiger partial charge in [-0.3, -0.25) is 10.2 Å². The van der Waals surface area contributed by atoms with Crippen LogP contribution in [0.4, 0.5) is 5.69 Å². The molecule has 1 aromatic rings. The smallest absolute Gasteiger partial charge is 0.191 e. The number of hydrazine groups is 1. The van der Waals surface area contributed by atoms with Gasteiger partial charge in [-0.1, -0.05) is 18.2 Å². The highest BCUT2D eigenvalue weighted by atomic mass is 32.2. The van der Waals surface area contributed by atoms with Crippen LogP contribution in [0.1, 0.15) is 0 Å². The Morgan fingerprint density at radius 3 is 2.89 bits per heavy atom. The lowest BCUT2D eigenvalue weighted by atomic mass is 10.1. The van der Waals surface area contributed by atoms with Crippen LogP contribution in [0.15, 0.2) is 42.1 Å². The van der Waals surface area contributed by atoms with Gasteiger partial charge in [0.1, 0.15) is 11.9 Å². The van der Waals surface area contributed by atoms with Gasteiger partial charge in [-0.15, -0.1) is 11.8 Å². The normalized spacial score (nSPS) is 23.9. The van der Waals surface area contributed by atoms with Crippen LogP contribution in [-0.2, 0) is 4.79 Å². The maximum atomic E-state index is 12.1. The molecule has 0 radical (unpaired) electrons. The lowest BCUT2D eigenvalue weighted by Gasteiger charge is -2.12. The number of rotatable bonds is 3. The maximum absolute atomic E-state index is 12.1. The standard InChI is InChI=1S/C13H14N4OS/c14-13-10(12(18)11-7-19-8-17(11)13)6-15-16-9-4-2-1-3-5-9/h1-6,11,14-16H,7-8H2/b10-6+,14-13?. The minimum Gasteiger partial charge on any atom is -0.336 e. The number of nitrogens with zero attached hydrogens (tertiary/aromatic N) is 1. The van der Waals surface area contributed by atoms with Crippen LogP contribution in [0.25, 0.3) is 0 Å². The fourth-order valence-electron chi connectivity index (χ4n) is 2.18. The second kappa shape index (κ2) is 4.97. The number of fused-ring (bicyclic) bond motifs is 1. The van der Waals surface area contributed by atoms with Crippen molar-refractivity contribution in [3.05, 3.63) is 42.1 Å². The highest BCUT2D eigenvalue weighted by molar-refractivity contribution is 7.99. The Morgan fingerprint density at radius 2 is 2.16 bits per heavy atom. The maximum Gasteiger partial charge on any atom is 0.191 e.